The van der Waals surface area contributed by atoms with Gasteiger partial charge in [0, 0.05) is 6.04 Å². The molecule has 17 heavy (non-hydrogen) atoms. The van der Waals surface area contributed by atoms with Crippen molar-refractivity contribution in [3.05, 3.63) is 24.0 Å². The van der Waals surface area contributed by atoms with Crippen molar-refractivity contribution >= 4 is 11.4 Å². The quantitative estimate of drug-likeness (QED) is 0.552. The van der Waals surface area contributed by atoms with Gasteiger partial charge in [-0.25, -0.2) is 4.39 Å². The number of halogens is 1. The molecule has 1 aromatic rings. The fourth-order valence-electron chi connectivity index (χ4n) is 1.88. The van der Waals surface area contributed by atoms with Crippen LogP contribution in [0.5, 0.6) is 0 Å². The Bertz CT molecular complexity index is 339. The molecule has 0 aliphatic carbocycles. The molecule has 0 bridgehead atoms. The van der Waals surface area contributed by atoms with Crippen LogP contribution in [0.3, 0.4) is 0 Å². The monoisotopic (exact) mass is 238 g/mol. The van der Waals surface area contributed by atoms with Crippen LogP contribution >= 0.6 is 0 Å². The summed E-state index contributed by atoms with van der Waals surface area (Å²) < 4.78 is 13.2. The lowest BCUT2D eigenvalue weighted by Gasteiger charge is -2.16. The highest BCUT2D eigenvalue weighted by Crippen LogP contribution is 2.22. The van der Waals surface area contributed by atoms with Gasteiger partial charge in [0.05, 0.1) is 11.4 Å². The van der Waals surface area contributed by atoms with Crippen LogP contribution in [-0.2, 0) is 0 Å². The van der Waals surface area contributed by atoms with Gasteiger partial charge in [-0.05, 0) is 25.5 Å². The Morgan fingerprint density at radius 2 is 2.06 bits per heavy atom. The van der Waals surface area contributed by atoms with Gasteiger partial charge in [-0.15, -0.1) is 0 Å². The maximum absolute atomic E-state index is 13.2. The SMILES string of the molecule is CCCCCCC(C)Nc1cccc(F)c1N. The summed E-state index contributed by atoms with van der Waals surface area (Å²) in [4.78, 5) is 0. The summed E-state index contributed by atoms with van der Waals surface area (Å²) in [7, 11) is 0. The first-order valence-corrected chi connectivity index (χ1v) is 6.45. The van der Waals surface area contributed by atoms with Crippen molar-refractivity contribution < 1.29 is 4.39 Å². The number of unbranched alkanes of at least 4 members (excludes halogenated alkanes) is 3. The Hall–Kier alpha value is -1.25. The lowest BCUT2D eigenvalue weighted by atomic mass is 10.1. The third kappa shape index (κ3) is 4.63. The predicted molar refractivity (Wildman–Crippen MR) is 72.7 cm³/mol. The number of benzene rings is 1. The minimum absolute atomic E-state index is 0.216. The zero-order valence-corrected chi connectivity index (χ0v) is 10.8. The zero-order valence-electron chi connectivity index (χ0n) is 10.8. The predicted octanol–water partition coefficient (Wildman–Crippen LogP) is 4.18. The van der Waals surface area contributed by atoms with E-state index >= 15 is 0 Å². The Balaban J connectivity index is 2.39. The Morgan fingerprint density at radius 3 is 2.76 bits per heavy atom. The van der Waals surface area contributed by atoms with Crippen LogP contribution in [0.2, 0.25) is 0 Å². The number of para-hydroxylation sites is 1. The van der Waals surface area contributed by atoms with Crippen LogP contribution in [0, 0.1) is 5.82 Å². The summed E-state index contributed by atoms with van der Waals surface area (Å²) >= 11 is 0. The summed E-state index contributed by atoms with van der Waals surface area (Å²) in [5.74, 6) is -0.354. The molecule has 2 nitrogen and oxygen atoms in total. The Labute approximate surface area is 103 Å². The largest absolute Gasteiger partial charge is 0.395 e. The first-order chi connectivity index (χ1) is 8.15. The number of nitrogen functional groups attached to an aromatic ring is 1. The van der Waals surface area contributed by atoms with Crippen LogP contribution in [-0.4, -0.2) is 6.04 Å². The summed E-state index contributed by atoms with van der Waals surface area (Å²) in [6.07, 6.45) is 6.10. The van der Waals surface area contributed by atoms with Crippen molar-refractivity contribution in [2.45, 2.75) is 52.0 Å². The molecular formula is C14H23FN2. The molecule has 0 fully saturated rings. The van der Waals surface area contributed by atoms with E-state index in [1.54, 1.807) is 6.07 Å². The molecule has 0 radical (unpaired) electrons. The van der Waals surface area contributed by atoms with Crippen molar-refractivity contribution in [2.75, 3.05) is 11.1 Å². The molecule has 0 heterocycles. The second-order valence-corrected chi connectivity index (χ2v) is 4.60. The van der Waals surface area contributed by atoms with E-state index < -0.39 is 0 Å². The van der Waals surface area contributed by atoms with Gasteiger partial charge in [0.25, 0.3) is 0 Å². The third-order valence-electron chi connectivity index (χ3n) is 2.95. The molecule has 0 saturated carbocycles. The first-order valence-electron chi connectivity index (χ1n) is 6.45. The van der Waals surface area contributed by atoms with E-state index in [1.165, 1.54) is 31.7 Å². The fraction of sp³-hybridized carbons (Fsp3) is 0.571. The fourth-order valence-corrected chi connectivity index (χ4v) is 1.88. The molecule has 3 N–H and O–H groups in total. The lowest BCUT2D eigenvalue weighted by molar-refractivity contribution is 0.593. The van der Waals surface area contributed by atoms with E-state index in [0.717, 1.165) is 6.42 Å². The minimum atomic E-state index is -0.354. The van der Waals surface area contributed by atoms with Crippen LogP contribution in [0.1, 0.15) is 46.0 Å². The van der Waals surface area contributed by atoms with Crippen LogP contribution in [0.4, 0.5) is 15.8 Å². The van der Waals surface area contributed by atoms with Gasteiger partial charge in [-0.2, -0.15) is 0 Å². The maximum Gasteiger partial charge on any atom is 0.148 e. The van der Waals surface area contributed by atoms with Crippen molar-refractivity contribution in [1.82, 2.24) is 0 Å². The Morgan fingerprint density at radius 1 is 1.29 bits per heavy atom. The van der Waals surface area contributed by atoms with E-state index in [2.05, 4.69) is 19.2 Å². The number of nitrogens with one attached hydrogen (secondary N) is 1. The van der Waals surface area contributed by atoms with E-state index in [-0.39, 0.29) is 11.5 Å². The van der Waals surface area contributed by atoms with Crippen LogP contribution in [0.25, 0.3) is 0 Å². The molecule has 1 unspecified atom stereocenters. The minimum Gasteiger partial charge on any atom is -0.395 e. The molecule has 0 amide bonds. The van der Waals surface area contributed by atoms with Gasteiger partial charge < -0.3 is 11.1 Å². The average Bonchev–Trinajstić information content (AvgIpc) is 2.31. The van der Waals surface area contributed by atoms with Crippen LogP contribution in [0.15, 0.2) is 18.2 Å². The molecule has 96 valence electrons. The summed E-state index contributed by atoms with van der Waals surface area (Å²) in [5, 5.41) is 3.26. The smallest absolute Gasteiger partial charge is 0.148 e. The number of hydrogen-bond donors (Lipinski definition) is 2. The summed E-state index contributed by atoms with van der Waals surface area (Å²) in [5.41, 5.74) is 6.59. The number of nitrogens with two attached hydrogens (primary N) is 1. The van der Waals surface area contributed by atoms with Gasteiger partial charge in [-0.3, -0.25) is 0 Å². The highest BCUT2D eigenvalue weighted by Gasteiger charge is 2.07. The van der Waals surface area contributed by atoms with Crippen molar-refractivity contribution in [2.24, 2.45) is 0 Å². The maximum atomic E-state index is 13.2. The van der Waals surface area contributed by atoms with Gasteiger partial charge in [-0.1, -0.05) is 38.7 Å². The second kappa shape index (κ2) is 7.15. The van der Waals surface area contributed by atoms with Gasteiger partial charge >= 0.3 is 0 Å². The molecule has 1 aromatic carbocycles. The molecule has 1 atom stereocenters. The topological polar surface area (TPSA) is 38.0 Å². The number of rotatable bonds is 7. The third-order valence-corrected chi connectivity index (χ3v) is 2.95. The normalized spacial score (nSPS) is 12.4. The van der Waals surface area contributed by atoms with Gasteiger partial charge in [0.2, 0.25) is 0 Å². The molecule has 0 aromatic heterocycles. The molecule has 1 rings (SSSR count). The second-order valence-electron chi connectivity index (χ2n) is 4.60. The van der Waals surface area contributed by atoms with Gasteiger partial charge in [0.1, 0.15) is 5.82 Å². The highest BCUT2D eigenvalue weighted by atomic mass is 19.1. The average molecular weight is 238 g/mol. The van der Waals surface area contributed by atoms with Crippen molar-refractivity contribution in [1.29, 1.82) is 0 Å². The molecule has 0 spiro atoms. The van der Waals surface area contributed by atoms with Crippen LogP contribution < -0.4 is 11.1 Å². The van der Waals surface area contributed by atoms with Crippen molar-refractivity contribution in [3.63, 3.8) is 0 Å². The molecule has 0 aliphatic heterocycles. The number of hydrogen-bond acceptors (Lipinski definition) is 2. The highest BCUT2D eigenvalue weighted by molar-refractivity contribution is 5.66. The van der Waals surface area contributed by atoms with Gasteiger partial charge in [0.15, 0.2) is 0 Å². The lowest BCUT2D eigenvalue weighted by Crippen LogP contribution is -2.16. The molecule has 0 saturated heterocycles. The number of anilines is 2. The molecular weight excluding hydrogens is 215 g/mol. The molecule has 0 aliphatic rings. The standard InChI is InChI=1S/C14H23FN2/c1-3-4-5-6-8-11(2)17-13-10-7-9-12(15)14(13)16/h7,9-11,17H,3-6,8,16H2,1-2H3. The summed E-state index contributed by atoms with van der Waals surface area (Å²) in [6, 6.07) is 5.21. The van der Waals surface area contributed by atoms with E-state index in [9.17, 15) is 4.39 Å². The molecule has 3 heteroatoms. The Kier molecular flexibility index (Phi) is 5.81. The first kappa shape index (κ1) is 13.8. The zero-order chi connectivity index (χ0) is 12.7. The summed E-state index contributed by atoms with van der Waals surface area (Å²) in [6.45, 7) is 4.31. The van der Waals surface area contributed by atoms with E-state index in [4.69, 9.17) is 5.73 Å². The van der Waals surface area contributed by atoms with E-state index in [0.29, 0.717) is 11.7 Å². The van der Waals surface area contributed by atoms with Crippen molar-refractivity contribution in [3.8, 4) is 0 Å². The van der Waals surface area contributed by atoms with E-state index in [1.807, 2.05) is 6.07 Å².